The fourth-order valence-electron chi connectivity index (χ4n) is 2.76. The average molecular weight is 271 g/mol. The van der Waals surface area contributed by atoms with E-state index in [-0.39, 0.29) is 6.04 Å². The SMILES string of the molecule is CCCNC(c1cccc(C)c1)c1c(C)oc(C)c1C. The topological polar surface area (TPSA) is 25.2 Å². The zero-order valence-electron chi connectivity index (χ0n) is 13.2. The van der Waals surface area contributed by atoms with E-state index < -0.39 is 0 Å². The lowest BCUT2D eigenvalue weighted by Gasteiger charge is -2.20. The van der Waals surface area contributed by atoms with Crippen LogP contribution in [0, 0.1) is 27.7 Å². The molecule has 0 radical (unpaired) electrons. The van der Waals surface area contributed by atoms with Gasteiger partial charge in [0, 0.05) is 5.56 Å². The molecule has 2 rings (SSSR count). The molecule has 0 saturated heterocycles. The molecule has 0 saturated carbocycles. The van der Waals surface area contributed by atoms with Crippen molar-refractivity contribution in [3.63, 3.8) is 0 Å². The van der Waals surface area contributed by atoms with Gasteiger partial charge in [-0.2, -0.15) is 0 Å². The minimum Gasteiger partial charge on any atom is -0.466 e. The molecule has 1 aromatic heterocycles. The summed E-state index contributed by atoms with van der Waals surface area (Å²) in [6.45, 7) is 11.6. The van der Waals surface area contributed by atoms with Crippen LogP contribution in [-0.2, 0) is 0 Å². The molecule has 0 aliphatic rings. The van der Waals surface area contributed by atoms with Crippen molar-refractivity contribution >= 4 is 0 Å². The van der Waals surface area contributed by atoms with Gasteiger partial charge < -0.3 is 9.73 Å². The van der Waals surface area contributed by atoms with Crippen LogP contribution in [-0.4, -0.2) is 6.54 Å². The van der Waals surface area contributed by atoms with E-state index in [0.29, 0.717) is 0 Å². The smallest absolute Gasteiger partial charge is 0.106 e. The van der Waals surface area contributed by atoms with Gasteiger partial charge in [-0.1, -0.05) is 36.8 Å². The molecule has 108 valence electrons. The molecule has 1 unspecified atom stereocenters. The van der Waals surface area contributed by atoms with E-state index in [1.807, 2.05) is 6.92 Å². The molecule has 0 aliphatic heterocycles. The monoisotopic (exact) mass is 271 g/mol. The van der Waals surface area contributed by atoms with E-state index in [1.165, 1.54) is 22.3 Å². The predicted molar refractivity (Wildman–Crippen MR) is 84.2 cm³/mol. The number of furan rings is 1. The van der Waals surface area contributed by atoms with Gasteiger partial charge in [-0.15, -0.1) is 0 Å². The molecular formula is C18H25NO. The van der Waals surface area contributed by atoms with Gasteiger partial charge in [-0.25, -0.2) is 0 Å². The van der Waals surface area contributed by atoms with Crippen LogP contribution in [0.2, 0.25) is 0 Å². The highest BCUT2D eigenvalue weighted by molar-refractivity contribution is 5.41. The highest BCUT2D eigenvalue weighted by atomic mass is 16.3. The third-order valence-corrected chi connectivity index (χ3v) is 3.88. The summed E-state index contributed by atoms with van der Waals surface area (Å²) in [7, 11) is 0. The summed E-state index contributed by atoms with van der Waals surface area (Å²) in [6, 6.07) is 8.94. The summed E-state index contributed by atoms with van der Waals surface area (Å²) in [5.74, 6) is 2.04. The molecule has 0 amide bonds. The molecule has 0 spiro atoms. The summed E-state index contributed by atoms with van der Waals surface area (Å²) >= 11 is 0. The Labute approximate surface area is 122 Å². The molecule has 20 heavy (non-hydrogen) atoms. The van der Waals surface area contributed by atoms with Crippen LogP contribution in [0.3, 0.4) is 0 Å². The second-order valence-electron chi connectivity index (χ2n) is 5.55. The summed E-state index contributed by atoms with van der Waals surface area (Å²) in [4.78, 5) is 0. The van der Waals surface area contributed by atoms with Crippen LogP contribution in [0.25, 0.3) is 0 Å². The lowest BCUT2D eigenvalue weighted by Crippen LogP contribution is -2.24. The van der Waals surface area contributed by atoms with E-state index in [1.54, 1.807) is 0 Å². The quantitative estimate of drug-likeness (QED) is 0.859. The molecule has 0 aliphatic carbocycles. The first-order chi connectivity index (χ1) is 9.54. The Morgan fingerprint density at radius 3 is 2.40 bits per heavy atom. The number of hydrogen-bond acceptors (Lipinski definition) is 2. The van der Waals surface area contributed by atoms with Crippen molar-refractivity contribution in [2.45, 2.75) is 47.1 Å². The Morgan fingerprint density at radius 2 is 1.85 bits per heavy atom. The molecule has 1 heterocycles. The zero-order valence-corrected chi connectivity index (χ0v) is 13.2. The second-order valence-corrected chi connectivity index (χ2v) is 5.55. The molecular weight excluding hydrogens is 246 g/mol. The highest BCUT2D eigenvalue weighted by Gasteiger charge is 2.22. The summed E-state index contributed by atoms with van der Waals surface area (Å²) < 4.78 is 5.82. The van der Waals surface area contributed by atoms with Crippen LogP contribution < -0.4 is 5.32 Å². The first-order valence-electron chi connectivity index (χ1n) is 7.41. The molecule has 2 aromatic rings. The van der Waals surface area contributed by atoms with Crippen LogP contribution in [0.5, 0.6) is 0 Å². The van der Waals surface area contributed by atoms with Crippen molar-refractivity contribution < 1.29 is 4.42 Å². The standard InChI is InChI=1S/C18H25NO/c1-6-10-19-18(16-9-7-8-12(2)11-16)17-13(3)14(4)20-15(17)5/h7-9,11,18-19H,6,10H2,1-5H3. The first kappa shape index (κ1) is 14.9. The van der Waals surface area contributed by atoms with Crippen molar-refractivity contribution in [2.24, 2.45) is 0 Å². The largest absolute Gasteiger partial charge is 0.466 e. The molecule has 0 fully saturated rings. The maximum absolute atomic E-state index is 5.82. The van der Waals surface area contributed by atoms with Gasteiger partial charge in [-0.05, 0) is 51.8 Å². The number of aryl methyl sites for hydroxylation is 3. The molecule has 0 bridgehead atoms. The van der Waals surface area contributed by atoms with E-state index in [4.69, 9.17) is 4.42 Å². The third-order valence-electron chi connectivity index (χ3n) is 3.88. The first-order valence-corrected chi connectivity index (χ1v) is 7.41. The predicted octanol–water partition coefficient (Wildman–Crippen LogP) is 4.60. The van der Waals surface area contributed by atoms with Gasteiger partial charge in [0.2, 0.25) is 0 Å². The van der Waals surface area contributed by atoms with E-state index in [0.717, 1.165) is 24.5 Å². The van der Waals surface area contributed by atoms with Gasteiger partial charge in [0.05, 0.1) is 6.04 Å². The van der Waals surface area contributed by atoms with Crippen molar-refractivity contribution in [2.75, 3.05) is 6.54 Å². The Morgan fingerprint density at radius 1 is 1.10 bits per heavy atom. The van der Waals surface area contributed by atoms with Crippen molar-refractivity contribution in [3.05, 3.63) is 58.0 Å². The number of hydrogen-bond donors (Lipinski definition) is 1. The lowest BCUT2D eigenvalue weighted by atomic mass is 9.94. The van der Waals surface area contributed by atoms with Gasteiger partial charge in [0.1, 0.15) is 11.5 Å². The molecule has 1 N–H and O–H groups in total. The molecule has 1 atom stereocenters. The van der Waals surface area contributed by atoms with Crippen LogP contribution in [0.1, 0.15) is 53.2 Å². The lowest BCUT2D eigenvalue weighted by molar-refractivity contribution is 0.493. The Bertz CT molecular complexity index is 583. The Hall–Kier alpha value is -1.54. The van der Waals surface area contributed by atoms with Crippen molar-refractivity contribution in [1.29, 1.82) is 0 Å². The summed E-state index contributed by atoms with van der Waals surface area (Å²) in [6.07, 6.45) is 1.12. The molecule has 2 heteroatoms. The summed E-state index contributed by atoms with van der Waals surface area (Å²) in [5.41, 5.74) is 5.16. The van der Waals surface area contributed by atoms with E-state index >= 15 is 0 Å². The maximum atomic E-state index is 5.82. The minimum absolute atomic E-state index is 0.215. The van der Waals surface area contributed by atoms with Crippen molar-refractivity contribution in [3.8, 4) is 0 Å². The van der Waals surface area contributed by atoms with Gasteiger partial charge in [0.15, 0.2) is 0 Å². The molecule has 1 aromatic carbocycles. The van der Waals surface area contributed by atoms with Gasteiger partial charge in [0.25, 0.3) is 0 Å². The van der Waals surface area contributed by atoms with Gasteiger partial charge in [-0.3, -0.25) is 0 Å². The van der Waals surface area contributed by atoms with Crippen LogP contribution in [0.15, 0.2) is 28.7 Å². The number of nitrogens with one attached hydrogen (secondary N) is 1. The Balaban J connectivity index is 2.47. The number of benzene rings is 1. The maximum Gasteiger partial charge on any atom is 0.106 e. The normalized spacial score (nSPS) is 12.7. The van der Waals surface area contributed by atoms with Crippen LogP contribution in [0.4, 0.5) is 0 Å². The summed E-state index contributed by atoms with van der Waals surface area (Å²) in [5, 5.41) is 3.66. The van der Waals surface area contributed by atoms with E-state index in [2.05, 4.69) is 57.3 Å². The Kier molecular flexibility index (Phi) is 4.66. The van der Waals surface area contributed by atoms with Gasteiger partial charge >= 0.3 is 0 Å². The average Bonchev–Trinajstić information content (AvgIpc) is 2.66. The molecule has 2 nitrogen and oxygen atoms in total. The van der Waals surface area contributed by atoms with E-state index in [9.17, 15) is 0 Å². The van der Waals surface area contributed by atoms with Crippen LogP contribution >= 0.6 is 0 Å². The highest BCUT2D eigenvalue weighted by Crippen LogP contribution is 2.31. The fraction of sp³-hybridized carbons (Fsp3) is 0.444. The fourth-order valence-corrected chi connectivity index (χ4v) is 2.76. The second kappa shape index (κ2) is 6.27. The number of rotatable bonds is 5. The zero-order chi connectivity index (χ0) is 14.7. The third kappa shape index (κ3) is 2.96. The van der Waals surface area contributed by atoms with Crippen molar-refractivity contribution in [1.82, 2.24) is 5.32 Å². The minimum atomic E-state index is 0.215.